The van der Waals surface area contributed by atoms with Gasteiger partial charge in [0, 0.05) is 38.1 Å². The second-order valence-electron chi connectivity index (χ2n) is 7.79. The van der Waals surface area contributed by atoms with Crippen LogP contribution in [0.15, 0.2) is 35.7 Å². The highest BCUT2D eigenvalue weighted by Crippen LogP contribution is 2.34. The van der Waals surface area contributed by atoms with Gasteiger partial charge < -0.3 is 19.3 Å². The average Bonchev–Trinajstić information content (AvgIpc) is 3.26. The number of aryl methyl sites for hydroxylation is 1. The Morgan fingerprint density at radius 3 is 2.71 bits per heavy atom. The van der Waals surface area contributed by atoms with Crippen molar-refractivity contribution in [2.24, 2.45) is 0 Å². The first-order valence-electron chi connectivity index (χ1n) is 10.8. The number of benzene rings is 1. The summed E-state index contributed by atoms with van der Waals surface area (Å²) >= 11 is 1.73. The van der Waals surface area contributed by atoms with E-state index in [1.54, 1.807) is 23.3 Å². The minimum Gasteiger partial charge on any atom is -0.491 e. The summed E-state index contributed by atoms with van der Waals surface area (Å²) in [6, 6.07) is 9.89. The van der Waals surface area contributed by atoms with E-state index in [-0.39, 0.29) is 24.4 Å². The van der Waals surface area contributed by atoms with Crippen molar-refractivity contribution in [3.05, 3.63) is 51.7 Å². The van der Waals surface area contributed by atoms with Crippen LogP contribution in [0.1, 0.15) is 41.8 Å². The van der Waals surface area contributed by atoms with Gasteiger partial charge in [-0.3, -0.25) is 9.59 Å². The Morgan fingerprint density at radius 2 is 2.00 bits per heavy atom. The van der Waals surface area contributed by atoms with Crippen LogP contribution in [0.3, 0.4) is 0 Å². The van der Waals surface area contributed by atoms with Crippen LogP contribution in [0.2, 0.25) is 0 Å². The highest BCUT2D eigenvalue weighted by atomic mass is 32.1. The molecule has 0 radical (unpaired) electrons. The number of thiophene rings is 1. The molecule has 0 unspecified atom stereocenters. The van der Waals surface area contributed by atoms with Crippen molar-refractivity contribution >= 4 is 23.2 Å². The lowest BCUT2D eigenvalue weighted by Crippen LogP contribution is -2.48. The number of ether oxygens (including phenoxy) is 2. The van der Waals surface area contributed by atoms with Crippen LogP contribution in [-0.2, 0) is 20.7 Å². The summed E-state index contributed by atoms with van der Waals surface area (Å²) in [5.41, 5.74) is 2.33. The third-order valence-electron chi connectivity index (χ3n) is 5.60. The van der Waals surface area contributed by atoms with E-state index in [1.807, 2.05) is 43.0 Å². The summed E-state index contributed by atoms with van der Waals surface area (Å²) < 4.78 is 11.2. The molecular formula is C24H32N2O4S. The number of carbonyl (C=O) groups excluding carboxylic acids is 2. The molecule has 0 aliphatic carbocycles. The van der Waals surface area contributed by atoms with Crippen LogP contribution in [0, 0.1) is 6.92 Å². The molecule has 6 nitrogen and oxygen atoms in total. The first-order valence-corrected chi connectivity index (χ1v) is 11.7. The highest BCUT2D eigenvalue weighted by Gasteiger charge is 2.33. The molecular weight excluding hydrogens is 412 g/mol. The number of rotatable bonds is 10. The molecule has 2 heterocycles. The molecule has 168 valence electrons. The minimum absolute atomic E-state index is 0.00913. The first-order chi connectivity index (χ1) is 15.0. The number of fused-ring (bicyclic) bond motifs is 1. The molecule has 0 saturated carbocycles. The molecule has 0 N–H and O–H groups in total. The number of hydrogen-bond donors (Lipinski definition) is 0. The molecule has 0 fully saturated rings. The van der Waals surface area contributed by atoms with Crippen molar-refractivity contribution in [1.29, 1.82) is 0 Å². The van der Waals surface area contributed by atoms with Crippen LogP contribution < -0.4 is 4.74 Å². The Hall–Kier alpha value is -2.38. The van der Waals surface area contributed by atoms with Crippen molar-refractivity contribution < 1.29 is 19.1 Å². The van der Waals surface area contributed by atoms with E-state index in [0.29, 0.717) is 39.1 Å². The molecule has 2 amide bonds. The largest absolute Gasteiger partial charge is 0.491 e. The molecule has 0 bridgehead atoms. The van der Waals surface area contributed by atoms with Crippen molar-refractivity contribution in [3.63, 3.8) is 0 Å². The standard InChI is InChI=1S/C24H32N2O4S/c1-4-23(27)25(12-5-14-29-3)16-24(28)26-13-10-22-20(11-15-31-22)21(26)17-30-19-8-6-18(2)7-9-19/h6-9,11,15,21H,4-5,10,12-14,16-17H2,1-3H3/t21-/m0/s1. The van der Waals surface area contributed by atoms with Crippen LogP contribution in [0.4, 0.5) is 0 Å². The Kier molecular flexibility index (Phi) is 8.49. The predicted molar refractivity (Wildman–Crippen MR) is 123 cm³/mol. The number of carbonyl (C=O) groups is 2. The maximum absolute atomic E-state index is 13.3. The monoisotopic (exact) mass is 444 g/mol. The van der Waals surface area contributed by atoms with E-state index in [2.05, 4.69) is 11.4 Å². The topological polar surface area (TPSA) is 59.1 Å². The summed E-state index contributed by atoms with van der Waals surface area (Å²) in [6.07, 6.45) is 1.93. The SMILES string of the molecule is CCC(=O)N(CCCOC)CC(=O)N1CCc2sccc2[C@@H]1COc1ccc(C)cc1. The molecule has 0 spiro atoms. The van der Waals surface area contributed by atoms with Crippen LogP contribution in [-0.4, -0.2) is 61.6 Å². The number of hydrogen-bond acceptors (Lipinski definition) is 5. The van der Waals surface area contributed by atoms with Crippen molar-refractivity contribution in [3.8, 4) is 5.75 Å². The van der Waals surface area contributed by atoms with Crippen LogP contribution in [0.5, 0.6) is 5.75 Å². The van der Waals surface area contributed by atoms with Gasteiger partial charge in [0.05, 0.1) is 12.6 Å². The van der Waals surface area contributed by atoms with E-state index in [9.17, 15) is 9.59 Å². The van der Waals surface area contributed by atoms with Gasteiger partial charge in [-0.05, 0) is 48.9 Å². The zero-order valence-corrected chi connectivity index (χ0v) is 19.5. The minimum atomic E-state index is -0.152. The summed E-state index contributed by atoms with van der Waals surface area (Å²) in [4.78, 5) is 30.5. The van der Waals surface area contributed by atoms with Gasteiger partial charge in [-0.1, -0.05) is 24.6 Å². The van der Waals surface area contributed by atoms with E-state index < -0.39 is 0 Å². The molecule has 0 saturated heterocycles. The Bertz CT molecular complexity index is 865. The second kappa shape index (κ2) is 11.3. The molecule has 2 aromatic rings. The Balaban J connectivity index is 1.72. The number of nitrogens with zero attached hydrogens (tertiary/aromatic N) is 2. The van der Waals surface area contributed by atoms with Gasteiger partial charge in [0.1, 0.15) is 12.4 Å². The number of methoxy groups -OCH3 is 1. The van der Waals surface area contributed by atoms with Crippen molar-refractivity contribution in [2.45, 2.75) is 39.2 Å². The molecule has 1 aromatic heterocycles. The van der Waals surface area contributed by atoms with Crippen molar-refractivity contribution in [2.75, 3.05) is 40.0 Å². The first kappa shape index (κ1) is 23.3. The lowest BCUT2D eigenvalue weighted by molar-refractivity contribution is -0.142. The molecule has 3 rings (SSSR count). The number of amides is 2. The Morgan fingerprint density at radius 1 is 1.23 bits per heavy atom. The lowest BCUT2D eigenvalue weighted by atomic mass is 10.0. The molecule has 1 aromatic carbocycles. The van der Waals surface area contributed by atoms with Gasteiger partial charge in [0.2, 0.25) is 11.8 Å². The summed E-state index contributed by atoms with van der Waals surface area (Å²) in [5.74, 6) is 0.751. The third kappa shape index (κ3) is 6.08. The Labute approximate surface area is 188 Å². The second-order valence-corrected chi connectivity index (χ2v) is 8.79. The van der Waals surface area contributed by atoms with E-state index in [0.717, 1.165) is 17.7 Å². The highest BCUT2D eigenvalue weighted by molar-refractivity contribution is 7.10. The maximum Gasteiger partial charge on any atom is 0.242 e. The fourth-order valence-corrected chi connectivity index (χ4v) is 4.78. The van der Waals surface area contributed by atoms with Crippen LogP contribution in [0.25, 0.3) is 0 Å². The van der Waals surface area contributed by atoms with E-state index in [1.165, 1.54) is 10.4 Å². The fourth-order valence-electron chi connectivity index (χ4n) is 3.85. The van der Waals surface area contributed by atoms with Crippen LogP contribution >= 0.6 is 11.3 Å². The van der Waals surface area contributed by atoms with Gasteiger partial charge in [-0.15, -0.1) is 11.3 Å². The van der Waals surface area contributed by atoms with Gasteiger partial charge in [-0.2, -0.15) is 0 Å². The normalized spacial score (nSPS) is 15.5. The quantitative estimate of drug-likeness (QED) is 0.523. The smallest absolute Gasteiger partial charge is 0.242 e. The zero-order chi connectivity index (χ0) is 22.2. The van der Waals surface area contributed by atoms with Gasteiger partial charge in [0.15, 0.2) is 0 Å². The van der Waals surface area contributed by atoms with Gasteiger partial charge in [0.25, 0.3) is 0 Å². The fraction of sp³-hybridized carbons (Fsp3) is 0.500. The predicted octanol–water partition coefficient (Wildman–Crippen LogP) is 3.84. The molecule has 1 atom stereocenters. The molecule has 1 aliphatic heterocycles. The molecule has 31 heavy (non-hydrogen) atoms. The van der Waals surface area contributed by atoms with Gasteiger partial charge >= 0.3 is 0 Å². The maximum atomic E-state index is 13.3. The van der Waals surface area contributed by atoms with E-state index >= 15 is 0 Å². The molecule has 1 aliphatic rings. The third-order valence-corrected chi connectivity index (χ3v) is 6.60. The van der Waals surface area contributed by atoms with Crippen molar-refractivity contribution in [1.82, 2.24) is 9.80 Å². The average molecular weight is 445 g/mol. The summed E-state index contributed by atoms with van der Waals surface area (Å²) in [6.45, 7) is 6.08. The van der Waals surface area contributed by atoms with E-state index in [4.69, 9.17) is 9.47 Å². The zero-order valence-electron chi connectivity index (χ0n) is 18.6. The summed E-state index contributed by atoms with van der Waals surface area (Å²) in [7, 11) is 1.64. The molecule has 7 heteroatoms. The van der Waals surface area contributed by atoms with Gasteiger partial charge in [-0.25, -0.2) is 0 Å². The summed E-state index contributed by atoms with van der Waals surface area (Å²) in [5, 5.41) is 2.08. The lowest BCUT2D eigenvalue weighted by Gasteiger charge is -2.37.